The van der Waals surface area contributed by atoms with Crippen LogP contribution < -0.4 is 19.5 Å². The number of hydrogen-bond acceptors (Lipinski definition) is 6. The van der Waals surface area contributed by atoms with E-state index < -0.39 is 6.10 Å². The normalized spacial score (nSPS) is 11.8. The van der Waals surface area contributed by atoms with Crippen molar-refractivity contribution in [2.75, 3.05) is 25.6 Å². The summed E-state index contributed by atoms with van der Waals surface area (Å²) in [6, 6.07) is 15.6. The molecule has 1 aromatic heterocycles. The summed E-state index contributed by atoms with van der Waals surface area (Å²) in [5.74, 6) is 1.60. The Kier molecular flexibility index (Phi) is 7.73. The van der Waals surface area contributed by atoms with Gasteiger partial charge in [0.25, 0.3) is 5.91 Å². The molecular weight excluding hydrogens is 398 g/mol. The molecule has 0 spiro atoms. The van der Waals surface area contributed by atoms with Crippen LogP contribution in [-0.2, 0) is 0 Å². The van der Waals surface area contributed by atoms with Crippen LogP contribution in [-0.4, -0.2) is 37.4 Å². The van der Waals surface area contributed by atoms with E-state index in [4.69, 9.17) is 18.6 Å². The van der Waals surface area contributed by atoms with Gasteiger partial charge in [-0.05, 0) is 61.0 Å². The summed E-state index contributed by atoms with van der Waals surface area (Å²) in [7, 11) is 1.57. The average Bonchev–Trinajstić information content (AvgIpc) is 3.33. The highest BCUT2D eigenvalue weighted by atomic mass is 16.5. The lowest BCUT2D eigenvalue weighted by Gasteiger charge is -2.16. The zero-order chi connectivity index (χ0) is 22.1. The van der Waals surface area contributed by atoms with E-state index in [1.165, 1.54) is 6.26 Å². The van der Waals surface area contributed by atoms with Crippen LogP contribution in [0.4, 0.5) is 5.69 Å². The van der Waals surface area contributed by atoms with Crippen molar-refractivity contribution >= 4 is 17.7 Å². The number of hydrogen-bond donors (Lipinski definition) is 2. The maximum Gasteiger partial charge on any atom is 0.291 e. The largest absolute Gasteiger partial charge is 0.493 e. The zero-order valence-electron chi connectivity index (χ0n) is 17.4. The monoisotopic (exact) mass is 423 g/mol. The van der Waals surface area contributed by atoms with Gasteiger partial charge in [0.2, 0.25) is 0 Å². The summed E-state index contributed by atoms with van der Waals surface area (Å²) in [5, 5.41) is 12.9. The van der Waals surface area contributed by atoms with Crippen LogP contribution in [0.15, 0.2) is 71.4 Å². The molecule has 1 amide bonds. The number of furan rings is 1. The Hall–Kier alpha value is -3.71. The Morgan fingerprint density at radius 1 is 1.10 bits per heavy atom. The van der Waals surface area contributed by atoms with Crippen LogP contribution in [0.2, 0.25) is 0 Å². The van der Waals surface area contributed by atoms with E-state index in [-0.39, 0.29) is 24.9 Å². The van der Waals surface area contributed by atoms with Crippen molar-refractivity contribution in [2.24, 2.45) is 0 Å². The summed E-state index contributed by atoms with van der Waals surface area (Å²) < 4.78 is 21.7. The molecule has 7 heteroatoms. The molecule has 0 radical (unpaired) electrons. The van der Waals surface area contributed by atoms with E-state index in [0.29, 0.717) is 22.9 Å². The first-order chi connectivity index (χ1) is 15.1. The molecule has 0 bridgehead atoms. The van der Waals surface area contributed by atoms with Gasteiger partial charge in [0.1, 0.15) is 25.1 Å². The number of ether oxygens (including phenoxy) is 3. The molecule has 31 heavy (non-hydrogen) atoms. The van der Waals surface area contributed by atoms with E-state index in [1.54, 1.807) is 49.6 Å². The molecule has 3 aromatic rings. The summed E-state index contributed by atoms with van der Waals surface area (Å²) in [6.07, 6.45) is 4.51. The molecule has 2 aromatic carbocycles. The average molecular weight is 423 g/mol. The third-order valence-electron chi connectivity index (χ3n) is 4.28. The van der Waals surface area contributed by atoms with Gasteiger partial charge in [0.15, 0.2) is 17.3 Å². The van der Waals surface area contributed by atoms with Crippen molar-refractivity contribution in [2.45, 2.75) is 13.0 Å². The van der Waals surface area contributed by atoms with Gasteiger partial charge in [-0.15, -0.1) is 0 Å². The van der Waals surface area contributed by atoms with E-state index >= 15 is 0 Å². The van der Waals surface area contributed by atoms with Gasteiger partial charge >= 0.3 is 0 Å². The Morgan fingerprint density at radius 3 is 2.55 bits per heavy atom. The van der Waals surface area contributed by atoms with Gasteiger partial charge in [0.05, 0.1) is 13.4 Å². The number of aliphatic hydroxyl groups is 1. The molecule has 162 valence electrons. The van der Waals surface area contributed by atoms with Crippen LogP contribution >= 0.6 is 0 Å². The Labute approximate surface area is 180 Å². The minimum absolute atomic E-state index is 0.0522. The SMILES string of the molecule is C/C=C/c1ccc(OCC(O)COc2ccc(NC(=O)c3ccco3)cc2)c(OC)c1. The molecule has 0 saturated heterocycles. The minimum atomic E-state index is -0.835. The summed E-state index contributed by atoms with van der Waals surface area (Å²) in [4.78, 5) is 12.0. The third-order valence-corrected chi connectivity index (χ3v) is 4.28. The van der Waals surface area contributed by atoms with E-state index in [0.717, 1.165) is 5.56 Å². The van der Waals surface area contributed by atoms with Gasteiger partial charge in [-0.3, -0.25) is 4.79 Å². The van der Waals surface area contributed by atoms with Gasteiger partial charge in [-0.25, -0.2) is 0 Å². The molecule has 1 heterocycles. The van der Waals surface area contributed by atoms with Gasteiger partial charge < -0.3 is 29.1 Å². The Balaban J connectivity index is 1.46. The van der Waals surface area contributed by atoms with E-state index in [9.17, 15) is 9.90 Å². The summed E-state index contributed by atoms with van der Waals surface area (Å²) >= 11 is 0. The molecule has 1 atom stereocenters. The Morgan fingerprint density at radius 2 is 1.87 bits per heavy atom. The molecule has 2 N–H and O–H groups in total. The van der Waals surface area contributed by atoms with Gasteiger partial charge in [0, 0.05) is 5.69 Å². The van der Waals surface area contributed by atoms with Crippen molar-refractivity contribution in [3.8, 4) is 17.2 Å². The molecule has 0 saturated carbocycles. The van der Waals surface area contributed by atoms with Crippen LogP contribution in [0.25, 0.3) is 6.08 Å². The molecule has 1 unspecified atom stereocenters. The van der Waals surface area contributed by atoms with Crippen molar-refractivity contribution in [1.29, 1.82) is 0 Å². The number of anilines is 1. The number of benzene rings is 2. The van der Waals surface area contributed by atoms with Crippen molar-refractivity contribution in [1.82, 2.24) is 0 Å². The molecule has 0 aliphatic carbocycles. The molecule has 0 aliphatic rings. The predicted octanol–water partition coefficient (Wildman–Crippen LogP) is 4.39. The summed E-state index contributed by atoms with van der Waals surface area (Å²) in [6.45, 7) is 2.05. The molecule has 0 fully saturated rings. The topological polar surface area (TPSA) is 90.2 Å². The maximum absolute atomic E-state index is 12.0. The minimum Gasteiger partial charge on any atom is -0.493 e. The van der Waals surface area contributed by atoms with Crippen LogP contribution in [0.5, 0.6) is 17.2 Å². The second-order valence-electron chi connectivity index (χ2n) is 6.64. The lowest BCUT2D eigenvalue weighted by Crippen LogP contribution is -2.25. The molecular formula is C24H25NO6. The maximum atomic E-state index is 12.0. The fraction of sp³-hybridized carbons (Fsp3) is 0.208. The first-order valence-corrected chi connectivity index (χ1v) is 9.78. The molecule has 3 rings (SSSR count). The van der Waals surface area contributed by atoms with E-state index in [2.05, 4.69) is 5.32 Å². The number of amides is 1. The highest BCUT2D eigenvalue weighted by Crippen LogP contribution is 2.28. The van der Waals surface area contributed by atoms with Gasteiger partial charge in [-0.1, -0.05) is 18.2 Å². The first kappa shape index (κ1) is 22.0. The first-order valence-electron chi connectivity index (χ1n) is 9.78. The third kappa shape index (κ3) is 6.38. The number of methoxy groups -OCH3 is 1. The zero-order valence-corrected chi connectivity index (χ0v) is 17.4. The van der Waals surface area contributed by atoms with Gasteiger partial charge in [-0.2, -0.15) is 0 Å². The van der Waals surface area contributed by atoms with Crippen molar-refractivity contribution in [3.63, 3.8) is 0 Å². The smallest absolute Gasteiger partial charge is 0.291 e. The predicted molar refractivity (Wildman–Crippen MR) is 118 cm³/mol. The molecule has 0 aliphatic heterocycles. The number of nitrogens with one attached hydrogen (secondary N) is 1. The van der Waals surface area contributed by atoms with Crippen LogP contribution in [0.3, 0.4) is 0 Å². The molecule has 7 nitrogen and oxygen atoms in total. The number of carbonyl (C=O) groups excluding carboxylic acids is 1. The second kappa shape index (κ2) is 10.9. The highest BCUT2D eigenvalue weighted by molar-refractivity contribution is 6.02. The number of aliphatic hydroxyl groups excluding tert-OH is 1. The lowest BCUT2D eigenvalue weighted by molar-refractivity contribution is 0.0617. The standard InChI is InChI=1S/C24H25NO6/c1-3-5-17-7-12-21(23(14-17)28-2)31-16-19(26)15-30-20-10-8-18(9-11-20)25-24(27)22-6-4-13-29-22/h3-14,19,26H,15-16H2,1-2H3,(H,25,27)/b5-3+. The quantitative estimate of drug-likeness (QED) is 0.503. The van der Waals surface area contributed by atoms with Crippen LogP contribution in [0, 0.1) is 0 Å². The Bertz CT molecular complexity index is 995. The van der Waals surface area contributed by atoms with Crippen LogP contribution in [0.1, 0.15) is 23.0 Å². The van der Waals surface area contributed by atoms with E-state index in [1.807, 2.05) is 31.2 Å². The summed E-state index contributed by atoms with van der Waals surface area (Å²) in [5.41, 5.74) is 1.60. The van der Waals surface area contributed by atoms with Crippen molar-refractivity contribution in [3.05, 3.63) is 78.3 Å². The number of rotatable bonds is 10. The fourth-order valence-electron chi connectivity index (χ4n) is 2.76. The fourth-order valence-corrected chi connectivity index (χ4v) is 2.76. The van der Waals surface area contributed by atoms with Crippen molar-refractivity contribution < 1.29 is 28.5 Å². The second-order valence-corrected chi connectivity index (χ2v) is 6.64. The number of allylic oxidation sites excluding steroid dienone is 1. The lowest BCUT2D eigenvalue weighted by atomic mass is 10.2. The highest BCUT2D eigenvalue weighted by Gasteiger charge is 2.11. The number of carbonyl (C=O) groups is 1.